The fraction of sp³-hybridized carbons (Fsp3) is 0.880. The topological polar surface area (TPSA) is 217 Å². The molecule has 14 heteroatoms. The predicted molar refractivity (Wildman–Crippen MR) is 240 cm³/mol. The Hall–Kier alpha value is -2.46. The van der Waals surface area contributed by atoms with Crippen LogP contribution in [0.4, 0.5) is 0 Å². The highest BCUT2D eigenvalue weighted by atomic mass is 16.6. The molecule has 14 atom stereocenters. The molecule has 5 aliphatic carbocycles. The van der Waals surface area contributed by atoms with Gasteiger partial charge in [0.25, 0.3) is 0 Å². The van der Waals surface area contributed by atoms with Gasteiger partial charge in [0.15, 0.2) is 6.23 Å². The van der Waals surface area contributed by atoms with Crippen LogP contribution in [0.25, 0.3) is 0 Å². The molecule has 0 radical (unpaired) electrons. The molecule has 362 valence electrons. The number of fused-ring (bicyclic) bond motifs is 7. The third-order valence-electron chi connectivity index (χ3n) is 18.7. The molecule has 0 unspecified atom stereocenters. The van der Waals surface area contributed by atoms with Crippen molar-refractivity contribution in [2.45, 2.75) is 220 Å². The lowest BCUT2D eigenvalue weighted by molar-refractivity contribution is -0.236. The van der Waals surface area contributed by atoms with Crippen LogP contribution in [-0.4, -0.2) is 107 Å². The van der Waals surface area contributed by atoms with Crippen LogP contribution in [0.15, 0.2) is 17.8 Å². The molecule has 1 aliphatic heterocycles. The molecule has 2 heterocycles. The van der Waals surface area contributed by atoms with Crippen molar-refractivity contribution in [2.24, 2.45) is 50.2 Å². The van der Waals surface area contributed by atoms with Crippen molar-refractivity contribution < 1.29 is 49.7 Å². The molecular formula is C50H82N4O10. The molecule has 0 bridgehead atoms. The van der Waals surface area contributed by atoms with Gasteiger partial charge in [0, 0.05) is 13.0 Å². The minimum atomic E-state index is -1.52. The molecule has 14 nitrogen and oxygen atoms in total. The number of nitrogens with one attached hydrogen (secondary N) is 1. The number of aliphatic hydroxyl groups excluding tert-OH is 6. The summed E-state index contributed by atoms with van der Waals surface area (Å²) in [5.74, 6) is 0.442. The predicted octanol–water partition coefficient (Wildman–Crippen LogP) is 5.88. The summed E-state index contributed by atoms with van der Waals surface area (Å²) in [7, 11) is 0. The summed E-state index contributed by atoms with van der Waals surface area (Å²) in [5, 5.41) is 73.0. The van der Waals surface area contributed by atoms with Gasteiger partial charge in [-0.1, -0.05) is 104 Å². The average molecular weight is 899 g/mol. The van der Waals surface area contributed by atoms with Crippen molar-refractivity contribution in [2.75, 3.05) is 6.61 Å². The van der Waals surface area contributed by atoms with E-state index in [0.29, 0.717) is 30.4 Å². The maximum atomic E-state index is 14.6. The summed E-state index contributed by atoms with van der Waals surface area (Å²) in [6.07, 6.45) is 12.7. The van der Waals surface area contributed by atoms with Gasteiger partial charge in [-0.25, -0.2) is 0 Å². The SMILES string of the molecule is CC1(C)CC[C@]2(C(=O)OCc3cn(CCCCCCCCCCC(=O)N[C@@H]4O[C@H](CO)[C@@H](O)[C@H](O)[C@H]4O)nn3)CC[C@]3(C)C(=CC[C@@H]4[C@@]5(C)C[C@@H](O)[C@H](O)C(C)(C)[C@@H]5CC[C@]43C)[C@@H]2C1. The van der Waals surface area contributed by atoms with Crippen LogP contribution in [0.2, 0.25) is 0 Å². The number of carbonyl (C=O) groups is 2. The number of rotatable bonds is 16. The number of aryl methyl sites for hydroxylation is 1. The van der Waals surface area contributed by atoms with E-state index in [-0.39, 0.29) is 57.9 Å². The van der Waals surface area contributed by atoms with Gasteiger partial charge in [-0.2, -0.15) is 0 Å². The van der Waals surface area contributed by atoms with Crippen LogP contribution in [-0.2, 0) is 32.2 Å². The Morgan fingerprint density at radius 2 is 1.50 bits per heavy atom. The maximum Gasteiger partial charge on any atom is 0.313 e. The second-order valence-corrected chi connectivity index (χ2v) is 23.4. The number of esters is 1. The number of hydrogen-bond acceptors (Lipinski definition) is 12. The van der Waals surface area contributed by atoms with E-state index in [9.17, 15) is 40.2 Å². The Labute approximate surface area is 381 Å². The first-order chi connectivity index (χ1) is 30.1. The molecule has 6 aliphatic rings. The normalized spacial score (nSPS) is 41.1. The van der Waals surface area contributed by atoms with E-state index >= 15 is 0 Å². The zero-order chi connectivity index (χ0) is 46.5. The number of unbranched alkanes of at least 4 members (excludes halogenated alkanes) is 7. The Kier molecular flexibility index (Phi) is 14.6. The first kappa shape index (κ1) is 49.4. The zero-order valence-corrected chi connectivity index (χ0v) is 39.9. The molecule has 64 heavy (non-hydrogen) atoms. The quantitative estimate of drug-likeness (QED) is 0.0588. The summed E-state index contributed by atoms with van der Waals surface area (Å²) in [4.78, 5) is 26.9. The standard InChI is InChI=1S/C50H82N4O10/c1-45(2)21-23-50(24-22-48(6)32(33(50)26-45)17-18-37-47(5)27-34(56)42(61)46(3,4)36(47)19-20-49(37,48)7)44(62)63-30-31-28-54(53-52-31)25-15-13-11-9-8-10-12-14-16-38(57)51-43-41(60)40(59)39(58)35(29-55)64-43/h17,28,33-37,39-43,55-56,58-61H,8-16,18-27,29-30H2,1-7H3,(H,51,57)/t33-,34+,35+,36-,37+,39+,40-,41+,42-,43+,47-,48+,49+,50-/m0/s1. The summed E-state index contributed by atoms with van der Waals surface area (Å²) in [6.45, 7) is 16.8. The van der Waals surface area contributed by atoms with Gasteiger partial charge in [-0.3, -0.25) is 14.3 Å². The van der Waals surface area contributed by atoms with E-state index in [4.69, 9.17) is 9.47 Å². The lowest BCUT2D eigenvalue weighted by Crippen LogP contribution is -2.67. The van der Waals surface area contributed by atoms with Gasteiger partial charge < -0.3 is 45.4 Å². The lowest BCUT2D eigenvalue weighted by Gasteiger charge is -2.71. The molecule has 1 aromatic rings. The largest absolute Gasteiger partial charge is 0.459 e. The van der Waals surface area contributed by atoms with E-state index in [1.807, 2.05) is 10.9 Å². The van der Waals surface area contributed by atoms with Crippen molar-refractivity contribution in [3.8, 4) is 0 Å². The number of allylic oxidation sites excluding steroid dienone is 2. The molecular weight excluding hydrogens is 817 g/mol. The van der Waals surface area contributed by atoms with Gasteiger partial charge >= 0.3 is 5.97 Å². The summed E-state index contributed by atoms with van der Waals surface area (Å²) in [6, 6.07) is 0. The highest BCUT2D eigenvalue weighted by molar-refractivity contribution is 5.79. The van der Waals surface area contributed by atoms with Gasteiger partial charge in [-0.15, -0.1) is 5.10 Å². The van der Waals surface area contributed by atoms with Crippen LogP contribution in [0.1, 0.15) is 170 Å². The van der Waals surface area contributed by atoms with Crippen LogP contribution in [0, 0.1) is 50.2 Å². The van der Waals surface area contributed by atoms with Crippen LogP contribution in [0.5, 0.6) is 0 Å². The zero-order valence-electron chi connectivity index (χ0n) is 39.9. The Balaban J connectivity index is 0.858. The first-order valence-corrected chi connectivity index (χ1v) is 24.9. The van der Waals surface area contributed by atoms with Gasteiger partial charge in [0.2, 0.25) is 5.91 Å². The van der Waals surface area contributed by atoms with Crippen LogP contribution < -0.4 is 5.32 Å². The smallest absolute Gasteiger partial charge is 0.313 e. The highest BCUT2D eigenvalue weighted by Gasteiger charge is 2.70. The number of aliphatic hydroxyl groups is 6. The number of nitrogens with zero attached hydrogens (tertiary/aromatic N) is 3. The van der Waals surface area contributed by atoms with Gasteiger partial charge in [-0.05, 0) is 115 Å². The van der Waals surface area contributed by atoms with Crippen LogP contribution in [0.3, 0.4) is 0 Å². The second-order valence-electron chi connectivity index (χ2n) is 23.4. The number of amides is 1. The molecule has 7 N–H and O–H groups in total. The average Bonchev–Trinajstić information content (AvgIpc) is 3.70. The molecule has 1 aromatic heterocycles. The summed E-state index contributed by atoms with van der Waals surface area (Å²) >= 11 is 0. The fourth-order valence-corrected chi connectivity index (χ4v) is 14.6. The van der Waals surface area contributed by atoms with Crippen molar-refractivity contribution >= 4 is 11.9 Å². The van der Waals surface area contributed by atoms with E-state index in [2.05, 4.69) is 70.2 Å². The van der Waals surface area contributed by atoms with Gasteiger partial charge in [0.05, 0.1) is 30.4 Å². The monoisotopic (exact) mass is 899 g/mol. The molecule has 4 saturated carbocycles. The fourth-order valence-electron chi connectivity index (χ4n) is 14.6. The minimum absolute atomic E-state index is 0.0179. The van der Waals surface area contributed by atoms with Crippen molar-refractivity contribution in [3.63, 3.8) is 0 Å². The first-order valence-electron chi connectivity index (χ1n) is 24.9. The van der Waals surface area contributed by atoms with E-state index < -0.39 is 54.9 Å². The van der Waals surface area contributed by atoms with E-state index in [1.54, 1.807) is 0 Å². The van der Waals surface area contributed by atoms with E-state index in [1.165, 1.54) is 5.57 Å². The number of hydrogen-bond donors (Lipinski definition) is 7. The minimum Gasteiger partial charge on any atom is -0.459 e. The third kappa shape index (κ3) is 9.00. The Bertz CT molecular complexity index is 1830. The second kappa shape index (κ2) is 18.9. The Morgan fingerprint density at radius 3 is 2.20 bits per heavy atom. The summed E-state index contributed by atoms with van der Waals surface area (Å²) in [5.41, 5.74) is 1.22. The number of carbonyl (C=O) groups excluding carboxylic acids is 2. The van der Waals surface area contributed by atoms with Crippen molar-refractivity contribution in [1.29, 1.82) is 0 Å². The van der Waals surface area contributed by atoms with Crippen molar-refractivity contribution in [1.82, 2.24) is 20.3 Å². The van der Waals surface area contributed by atoms with E-state index in [0.717, 1.165) is 103 Å². The molecule has 0 spiro atoms. The molecule has 1 saturated heterocycles. The molecule has 1 amide bonds. The maximum absolute atomic E-state index is 14.6. The van der Waals surface area contributed by atoms with Crippen LogP contribution >= 0.6 is 0 Å². The van der Waals surface area contributed by atoms with Crippen molar-refractivity contribution in [3.05, 3.63) is 23.5 Å². The summed E-state index contributed by atoms with van der Waals surface area (Å²) < 4.78 is 13.5. The van der Waals surface area contributed by atoms with Gasteiger partial charge in [0.1, 0.15) is 36.7 Å². The molecule has 7 rings (SSSR count). The molecule has 5 fully saturated rings. The Morgan fingerprint density at radius 1 is 0.828 bits per heavy atom. The highest BCUT2D eigenvalue weighted by Crippen LogP contribution is 2.76. The molecule has 0 aromatic carbocycles. The number of ether oxygens (including phenoxy) is 2. The third-order valence-corrected chi connectivity index (χ3v) is 18.7. The number of aromatic nitrogens is 3. The lowest BCUT2D eigenvalue weighted by atomic mass is 9.33.